The summed E-state index contributed by atoms with van der Waals surface area (Å²) >= 11 is 4.50. The topological polar surface area (TPSA) is 100 Å². The number of carboxylic acids is 1. The van der Waals surface area contributed by atoms with Crippen molar-refractivity contribution in [2.24, 2.45) is 10.2 Å². The summed E-state index contributed by atoms with van der Waals surface area (Å²) in [7, 11) is 0. The molecule has 0 spiro atoms. The second-order valence-corrected chi connectivity index (χ2v) is 6.93. The number of amidine groups is 1. The maximum atomic E-state index is 11.6. The highest BCUT2D eigenvalue weighted by atomic mass is 79.9. The van der Waals surface area contributed by atoms with Crippen molar-refractivity contribution >= 4 is 51.0 Å². The van der Waals surface area contributed by atoms with Crippen molar-refractivity contribution in [3.63, 3.8) is 0 Å². The van der Waals surface area contributed by atoms with Crippen LogP contribution in [0.4, 0.5) is 0 Å². The number of halogens is 1. The number of nitrogens with one attached hydrogen (secondary N) is 1. The molecule has 1 unspecified atom stereocenters. The lowest BCUT2D eigenvalue weighted by Crippen LogP contribution is -2.26. The number of carbonyl (C=O) groups excluding carboxylic acids is 1. The molecule has 1 aliphatic rings. The molecule has 0 saturated carbocycles. The third-order valence-electron chi connectivity index (χ3n) is 2.91. The fourth-order valence-corrected chi connectivity index (χ4v) is 3.25. The molecule has 1 heterocycles. The molecule has 9 heteroatoms. The fraction of sp³-hybridized carbons (Fsp3) is 0.333. The van der Waals surface area contributed by atoms with Crippen LogP contribution in [0.3, 0.4) is 0 Å². The molecule has 1 fully saturated rings. The Hall–Kier alpha value is -1.87. The van der Waals surface area contributed by atoms with Crippen molar-refractivity contribution in [1.29, 1.82) is 0 Å². The van der Waals surface area contributed by atoms with E-state index in [4.69, 9.17) is 9.84 Å². The number of rotatable bonds is 7. The van der Waals surface area contributed by atoms with Gasteiger partial charge in [0.1, 0.15) is 11.0 Å². The summed E-state index contributed by atoms with van der Waals surface area (Å²) in [6, 6.07) is 5.53. The Morgan fingerprint density at radius 2 is 2.33 bits per heavy atom. The van der Waals surface area contributed by atoms with Gasteiger partial charge in [-0.2, -0.15) is 5.10 Å². The average Bonchev–Trinajstić information content (AvgIpc) is 2.85. The van der Waals surface area contributed by atoms with Gasteiger partial charge >= 0.3 is 5.97 Å². The van der Waals surface area contributed by atoms with Crippen molar-refractivity contribution in [3.8, 4) is 5.75 Å². The van der Waals surface area contributed by atoms with Gasteiger partial charge in [0.25, 0.3) is 0 Å². The molecule has 1 saturated heterocycles. The van der Waals surface area contributed by atoms with Crippen LogP contribution >= 0.6 is 27.7 Å². The second-order valence-electron chi connectivity index (χ2n) is 4.88. The predicted octanol–water partition coefficient (Wildman–Crippen LogP) is 2.63. The Morgan fingerprint density at radius 1 is 1.54 bits per heavy atom. The number of carboxylic acid groups (broad SMARTS) is 1. The molecule has 0 radical (unpaired) electrons. The van der Waals surface area contributed by atoms with Crippen molar-refractivity contribution in [3.05, 3.63) is 28.2 Å². The van der Waals surface area contributed by atoms with E-state index >= 15 is 0 Å². The summed E-state index contributed by atoms with van der Waals surface area (Å²) in [6.45, 7) is 2.68. The highest BCUT2D eigenvalue weighted by Gasteiger charge is 2.32. The van der Waals surface area contributed by atoms with E-state index < -0.39 is 11.2 Å². The Labute approximate surface area is 151 Å². The summed E-state index contributed by atoms with van der Waals surface area (Å²) in [6.07, 6.45) is 2.23. The highest BCUT2D eigenvalue weighted by Crippen LogP contribution is 2.26. The zero-order valence-corrected chi connectivity index (χ0v) is 15.3. The smallest absolute Gasteiger partial charge is 0.305 e. The van der Waals surface area contributed by atoms with Gasteiger partial charge < -0.3 is 15.2 Å². The molecule has 1 aliphatic heterocycles. The highest BCUT2D eigenvalue weighted by molar-refractivity contribution is 9.10. The lowest BCUT2D eigenvalue weighted by atomic mass is 10.2. The van der Waals surface area contributed by atoms with Crippen LogP contribution in [-0.2, 0) is 9.59 Å². The van der Waals surface area contributed by atoms with Crippen LogP contribution < -0.4 is 10.1 Å². The Morgan fingerprint density at radius 3 is 3.00 bits per heavy atom. The standard InChI is InChI=1S/C15H16BrN3O4S/c1-2-5-23-11-4-3-9(6-10(11)16)8-17-19-15-18-14(22)12(24-15)7-13(20)21/h3-4,6,8,12H,2,5,7H2,1H3,(H,20,21)(H,18,19,22). The zero-order valence-electron chi connectivity index (χ0n) is 12.9. The number of aliphatic carboxylic acids is 1. The first-order valence-electron chi connectivity index (χ1n) is 7.22. The lowest BCUT2D eigenvalue weighted by molar-refractivity contribution is -0.138. The molecular formula is C15H16BrN3O4S. The van der Waals surface area contributed by atoms with Gasteiger partial charge in [0.05, 0.1) is 23.7 Å². The number of carbonyl (C=O) groups is 2. The van der Waals surface area contributed by atoms with Crippen molar-refractivity contribution < 1.29 is 19.4 Å². The average molecular weight is 414 g/mol. The van der Waals surface area contributed by atoms with E-state index in [2.05, 4.69) is 31.4 Å². The fourth-order valence-electron chi connectivity index (χ4n) is 1.82. The normalized spacial score (nSPS) is 19.0. The van der Waals surface area contributed by atoms with Gasteiger partial charge in [-0.3, -0.25) is 9.59 Å². The van der Waals surface area contributed by atoms with Crippen LogP contribution in [0.5, 0.6) is 5.75 Å². The van der Waals surface area contributed by atoms with E-state index in [0.717, 1.165) is 34.0 Å². The Bertz CT molecular complexity index is 693. The molecule has 128 valence electrons. The van der Waals surface area contributed by atoms with Crippen LogP contribution in [0.1, 0.15) is 25.3 Å². The summed E-state index contributed by atoms with van der Waals surface area (Å²) < 4.78 is 6.38. The van der Waals surface area contributed by atoms with Gasteiger partial charge in [0.2, 0.25) is 5.91 Å². The molecule has 7 nitrogen and oxygen atoms in total. The van der Waals surface area contributed by atoms with Gasteiger partial charge in [-0.1, -0.05) is 18.7 Å². The third-order valence-corrected chi connectivity index (χ3v) is 4.60. The minimum atomic E-state index is -1.03. The van der Waals surface area contributed by atoms with E-state index in [1.165, 1.54) is 0 Å². The molecule has 2 N–H and O–H groups in total. The van der Waals surface area contributed by atoms with Crippen molar-refractivity contribution in [2.45, 2.75) is 25.0 Å². The summed E-state index contributed by atoms with van der Waals surface area (Å²) in [4.78, 5) is 22.2. The first-order valence-corrected chi connectivity index (χ1v) is 8.89. The van der Waals surface area contributed by atoms with E-state index in [9.17, 15) is 9.59 Å². The van der Waals surface area contributed by atoms with Gasteiger partial charge in [-0.05, 0) is 46.1 Å². The Kier molecular flexibility index (Phi) is 6.80. The molecule has 1 aromatic rings. The maximum Gasteiger partial charge on any atom is 0.305 e. The van der Waals surface area contributed by atoms with Crippen LogP contribution in [-0.4, -0.2) is 40.2 Å². The van der Waals surface area contributed by atoms with Gasteiger partial charge in [0, 0.05) is 0 Å². The molecule has 0 aliphatic carbocycles. The number of hydrogen-bond acceptors (Lipinski definition) is 6. The van der Waals surface area contributed by atoms with E-state index in [0.29, 0.717) is 11.8 Å². The van der Waals surface area contributed by atoms with E-state index in [-0.39, 0.29) is 12.3 Å². The van der Waals surface area contributed by atoms with Gasteiger partial charge in [0.15, 0.2) is 5.17 Å². The second kappa shape index (κ2) is 8.84. The predicted molar refractivity (Wildman–Crippen MR) is 96.7 cm³/mol. The molecular weight excluding hydrogens is 398 g/mol. The van der Waals surface area contributed by atoms with Gasteiger partial charge in [-0.25, -0.2) is 0 Å². The molecule has 24 heavy (non-hydrogen) atoms. The molecule has 2 rings (SSSR count). The summed E-state index contributed by atoms with van der Waals surface area (Å²) in [5, 5.41) is 18.7. The van der Waals surface area contributed by atoms with Crippen molar-refractivity contribution in [2.75, 3.05) is 6.61 Å². The Balaban J connectivity index is 1.97. The minimum absolute atomic E-state index is 0.245. The number of nitrogens with zero attached hydrogens (tertiary/aromatic N) is 2. The number of benzene rings is 1. The number of ether oxygens (including phenoxy) is 1. The first-order chi connectivity index (χ1) is 11.5. The van der Waals surface area contributed by atoms with Gasteiger partial charge in [-0.15, -0.1) is 5.10 Å². The molecule has 1 amide bonds. The van der Waals surface area contributed by atoms with Crippen LogP contribution in [0, 0.1) is 0 Å². The molecule has 0 aromatic heterocycles. The van der Waals surface area contributed by atoms with E-state index in [1.807, 2.05) is 25.1 Å². The number of amides is 1. The van der Waals surface area contributed by atoms with Crippen LogP contribution in [0.2, 0.25) is 0 Å². The molecule has 0 bridgehead atoms. The SMILES string of the molecule is CCCOc1ccc(C=NN=C2NC(=O)C(CC(=O)O)S2)cc1Br. The first kappa shape index (κ1) is 18.5. The maximum absolute atomic E-state index is 11.6. The quantitative estimate of drug-likeness (QED) is 0.528. The zero-order chi connectivity index (χ0) is 17.5. The van der Waals surface area contributed by atoms with Crippen molar-refractivity contribution in [1.82, 2.24) is 5.32 Å². The molecule has 1 aromatic carbocycles. The summed E-state index contributed by atoms with van der Waals surface area (Å²) in [5.74, 6) is -0.630. The monoisotopic (exact) mass is 413 g/mol. The van der Waals surface area contributed by atoms with Crippen LogP contribution in [0.15, 0.2) is 32.9 Å². The third kappa shape index (κ3) is 5.34. The van der Waals surface area contributed by atoms with E-state index in [1.54, 1.807) is 6.21 Å². The summed E-state index contributed by atoms with van der Waals surface area (Å²) in [5.41, 5.74) is 0.812. The minimum Gasteiger partial charge on any atom is -0.492 e. The van der Waals surface area contributed by atoms with Crippen LogP contribution in [0.25, 0.3) is 0 Å². The largest absolute Gasteiger partial charge is 0.492 e. The number of thioether (sulfide) groups is 1. The molecule has 1 atom stereocenters. The lowest BCUT2D eigenvalue weighted by Gasteiger charge is -2.06. The number of hydrogen-bond donors (Lipinski definition) is 2.